The molecule has 0 radical (unpaired) electrons. The summed E-state index contributed by atoms with van der Waals surface area (Å²) >= 11 is 11.8. The maximum Gasteiger partial charge on any atom is 0.244 e. The Morgan fingerprint density at radius 2 is 2.00 bits per heavy atom. The number of sulfonamides is 1. The first kappa shape index (κ1) is 15.9. The van der Waals surface area contributed by atoms with Crippen molar-refractivity contribution in [2.24, 2.45) is 5.92 Å². The van der Waals surface area contributed by atoms with Gasteiger partial charge in [-0.15, -0.1) is 0 Å². The third-order valence-corrected chi connectivity index (χ3v) is 5.83. The van der Waals surface area contributed by atoms with E-state index in [4.69, 9.17) is 28.9 Å². The number of hydrogen-bond acceptors (Lipinski definition) is 3. The summed E-state index contributed by atoms with van der Waals surface area (Å²) in [5.74, 6) is 0.523. The highest BCUT2D eigenvalue weighted by molar-refractivity contribution is 7.89. The Labute approximate surface area is 129 Å². The molecule has 0 aromatic heterocycles. The van der Waals surface area contributed by atoms with Crippen LogP contribution in [0, 0.1) is 5.92 Å². The zero-order chi connectivity index (χ0) is 14.9. The van der Waals surface area contributed by atoms with Crippen LogP contribution in [0.1, 0.15) is 32.6 Å². The van der Waals surface area contributed by atoms with E-state index in [-0.39, 0.29) is 21.6 Å². The van der Waals surface area contributed by atoms with Crippen LogP contribution in [0.2, 0.25) is 10.0 Å². The van der Waals surface area contributed by atoms with E-state index in [0.29, 0.717) is 10.9 Å². The van der Waals surface area contributed by atoms with Gasteiger partial charge >= 0.3 is 0 Å². The molecule has 0 amide bonds. The molecule has 20 heavy (non-hydrogen) atoms. The summed E-state index contributed by atoms with van der Waals surface area (Å²) in [6.45, 7) is 2.13. The van der Waals surface area contributed by atoms with E-state index < -0.39 is 10.0 Å². The van der Waals surface area contributed by atoms with E-state index in [2.05, 4.69) is 11.6 Å². The fourth-order valence-corrected chi connectivity index (χ4v) is 4.95. The zero-order valence-electron chi connectivity index (χ0n) is 11.2. The summed E-state index contributed by atoms with van der Waals surface area (Å²) in [5, 5.41) is 0.365. The number of anilines is 1. The van der Waals surface area contributed by atoms with Crippen molar-refractivity contribution < 1.29 is 8.42 Å². The van der Waals surface area contributed by atoms with Gasteiger partial charge in [-0.05, 0) is 30.9 Å². The molecule has 1 aromatic rings. The molecule has 3 N–H and O–H groups in total. The van der Waals surface area contributed by atoms with Gasteiger partial charge in [-0.3, -0.25) is 0 Å². The van der Waals surface area contributed by atoms with Gasteiger partial charge in [0.1, 0.15) is 4.90 Å². The summed E-state index contributed by atoms with van der Waals surface area (Å²) in [6.07, 6.45) is 3.85. The topological polar surface area (TPSA) is 72.2 Å². The fraction of sp³-hybridized carbons (Fsp3) is 0.538. The fourth-order valence-electron chi connectivity index (χ4n) is 2.68. The molecule has 2 unspecified atom stereocenters. The van der Waals surface area contributed by atoms with Crippen LogP contribution in [-0.4, -0.2) is 14.5 Å². The monoisotopic (exact) mass is 336 g/mol. The SMILES string of the molecule is CC1CCCC(NS(=O)(=O)c2c(N)cc(Cl)cc2Cl)C1. The largest absolute Gasteiger partial charge is 0.398 e. The van der Waals surface area contributed by atoms with Crippen LogP contribution in [0.25, 0.3) is 0 Å². The van der Waals surface area contributed by atoms with Crippen LogP contribution in [0.15, 0.2) is 17.0 Å². The normalized spacial score (nSPS) is 23.8. The second-order valence-corrected chi connectivity index (χ2v) is 7.89. The highest BCUT2D eigenvalue weighted by Gasteiger charge is 2.27. The van der Waals surface area contributed by atoms with Crippen molar-refractivity contribution in [2.45, 2.75) is 43.5 Å². The third-order valence-electron chi connectivity index (χ3n) is 3.56. The molecule has 0 spiro atoms. The van der Waals surface area contributed by atoms with Gasteiger partial charge in [-0.2, -0.15) is 0 Å². The molecule has 0 heterocycles. The number of rotatable bonds is 3. The minimum absolute atomic E-state index is 0.0476. The quantitative estimate of drug-likeness (QED) is 0.830. The molecule has 7 heteroatoms. The second kappa shape index (κ2) is 6.10. The zero-order valence-corrected chi connectivity index (χ0v) is 13.5. The van der Waals surface area contributed by atoms with Crippen molar-refractivity contribution >= 4 is 38.9 Å². The number of hydrogen-bond donors (Lipinski definition) is 2. The number of nitrogens with two attached hydrogens (primary N) is 1. The van der Waals surface area contributed by atoms with Crippen molar-refractivity contribution in [3.8, 4) is 0 Å². The first-order valence-electron chi connectivity index (χ1n) is 6.56. The first-order valence-corrected chi connectivity index (χ1v) is 8.80. The Bertz CT molecular complexity index is 581. The predicted molar refractivity (Wildman–Crippen MR) is 82.6 cm³/mol. The summed E-state index contributed by atoms with van der Waals surface area (Å²) in [6, 6.07) is 2.72. The molecule has 1 aromatic carbocycles. The predicted octanol–water partition coefficient (Wildman–Crippen LogP) is 3.43. The van der Waals surface area contributed by atoms with Gasteiger partial charge in [0, 0.05) is 11.1 Å². The molecule has 4 nitrogen and oxygen atoms in total. The molecule has 2 rings (SSSR count). The lowest BCUT2D eigenvalue weighted by Crippen LogP contribution is -2.38. The minimum Gasteiger partial charge on any atom is -0.398 e. The smallest absolute Gasteiger partial charge is 0.244 e. The molecule has 0 aliphatic heterocycles. The number of nitrogen functional groups attached to an aromatic ring is 1. The number of benzene rings is 1. The summed E-state index contributed by atoms with van der Waals surface area (Å²) in [5.41, 5.74) is 5.82. The van der Waals surface area contributed by atoms with Gasteiger partial charge in [-0.25, -0.2) is 13.1 Å². The number of halogens is 2. The Hall–Kier alpha value is -0.490. The van der Waals surface area contributed by atoms with Crippen LogP contribution >= 0.6 is 23.2 Å². The molecule has 112 valence electrons. The van der Waals surface area contributed by atoms with E-state index in [9.17, 15) is 8.42 Å². The molecular weight excluding hydrogens is 319 g/mol. The molecule has 0 saturated heterocycles. The molecule has 1 aliphatic carbocycles. The average Bonchev–Trinajstić information content (AvgIpc) is 2.25. The van der Waals surface area contributed by atoms with Gasteiger partial charge < -0.3 is 5.73 Å². The van der Waals surface area contributed by atoms with Gasteiger partial charge in [0.2, 0.25) is 10.0 Å². The lowest BCUT2D eigenvalue weighted by atomic mass is 9.88. The van der Waals surface area contributed by atoms with Crippen molar-refractivity contribution in [2.75, 3.05) is 5.73 Å². The molecule has 0 bridgehead atoms. The Morgan fingerprint density at radius 1 is 1.30 bits per heavy atom. The Balaban J connectivity index is 2.27. The van der Waals surface area contributed by atoms with Crippen LogP contribution in [-0.2, 0) is 10.0 Å². The summed E-state index contributed by atoms with van der Waals surface area (Å²) < 4.78 is 27.6. The second-order valence-electron chi connectivity index (χ2n) is 5.40. The molecule has 1 aliphatic rings. The highest BCUT2D eigenvalue weighted by Crippen LogP contribution is 2.32. The van der Waals surface area contributed by atoms with E-state index in [1.54, 1.807) is 0 Å². The van der Waals surface area contributed by atoms with Crippen molar-refractivity contribution in [1.82, 2.24) is 4.72 Å². The van der Waals surface area contributed by atoms with Crippen molar-refractivity contribution in [3.05, 3.63) is 22.2 Å². The lowest BCUT2D eigenvalue weighted by Gasteiger charge is -2.27. The molecule has 1 saturated carbocycles. The molecule has 1 fully saturated rings. The molecule has 2 atom stereocenters. The van der Waals surface area contributed by atoms with Gasteiger partial charge in [0.05, 0.1) is 10.7 Å². The average molecular weight is 337 g/mol. The van der Waals surface area contributed by atoms with Crippen LogP contribution in [0.4, 0.5) is 5.69 Å². The standard InChI is InChI=1S/C13H18Cl2N2O2S/c1-8-3-2-4-10(5-8)17-20(18,19)13-11(15)6-9(14)7-12(13)16/h6-8,10,17H,2-5,16H2,1H3. The van der Waals surface area contributed by atoms with Crippen LogP contribution in [0.3, 0.4) is 0 Å². The van der Waals surface area contributed by atoms with Gasteiger partial charge in [0.15, 0.2) is 0 Å². The maximum atomic E-state index is 12.4. The van der Waals surface area contributed by atoms with Crippen molar-refractivity contribution in [1.29, 1.82) is 0 Å². The third kappa shape index (κ3) is 3.58. The Morgan fingerprint density at radius 3 is 2.60 bits per heavy atom. The van der Waals surface area contributed by atoms with Crippen LogP contribution in [0.5, 0.6) is 0 Å². The van der Waals surface area contributed by atoms with Crippen LogP contribution < -0.4 is 10.5 Å². The minimum atomic E-state index is -3.73. The maximum absolute atomic E-state index is 12.4. The van der Waals surface area contributed by atoms with Gasteiger partial charge in [-0.1, -0.05) is 43.0 Å². The highest BCUT2D eigenvalue weighted by atomic mass is 35.5. The van der Waals surface area contributed by atoms with E-state index >= 15 is 0 Å². The Kier molecular flexibility index (Phi) is 4.84. The van der Waals surface area contributed by atoms with Crippen molar-refractivity contribution in [3.63, 3.8) is 0 Å². The van der Waals surface area contributed by atoms with E-state index in [1.165, 1.54) is 12.1 Å². The molecular formula is C13H18Cl2N2O2S. The van der Waals surface area contributed by atoms with E-state index in [0.717, 1.165) is 25.7 Å². The summed E-state index contributed by atoms with van der Waals surface area (Å²) in [4.78, 5) is -0.0817. The van der Waals surface area contributed by atoms with Gasteiger partial charge in [0.25, 0.3) is 0 Å². The van der Waals surface area contributed by atoms with E-state index in [1.807, 2.05) is 0 Å². The first-order chi connectivity index (χ1) is 9.29. The lowest BCUT2D eigenvalue weighted by molar-refractivity contribution is 0.327. The summed E-state index contributed by atoms with van der Waals surface area (Å²) in [7, 11) is -3.73. The number of nitrogens with one attached hydrogen (secondary N) is 1.